The lowest BCUT2D eigenvalue weighted by Crippen LogP contribution is -2.47. The van der Waals surface area contributed by atoms with E-state index >= 15 is 0 Å². The summed E-state index contributed by atoms with van der Waals surface area (Å²) >= 11 is 10.6. The molecule has 2 rings (SSSR count). The average Bonchev–Trinajstić information content (AvgIpc) is 2.81. The molecule has 1 aliphatic heterocycles. The molecular weight excluding hydrogens is 372 g/mol. The Kier molecular flexibility index (Phi) is 4.48. The van der Waals surface area contributed by atoms with Gasteiger partial charge in [0.15, 0.2) is 0 Å². The van der Waals surface area contributed by atoms with Crippen molar-refractivity contribution in [2.24, 2.45) is 0 Å². The highest BCUT2D eigenvalue weighted by atomic mass is 79.9. The molecule has 0 aliphatic carbocycles. The summed E-state index contributed by atoms with van der Waals surface area (Å²) in [5.74, 6) is 1.25. The Morgan fingerprint density at radius 2 is 2.26 bits per heavy atom. The molecule has 1 atom stereocenters. The van der Waals surface area contributed by atoms with E-state index in [0.29, 0.717) is 21.7 Å². The van der Waals surface area contributed by atoms with Crippen LogP contribution in [0.1, 0.15) is 6.42 Å². The van der Waals surface area contributed by atoms with Gasteiger partial charge in [0, 0.05) is 10.2 Å². The lowest BCUT2D eigenvalue weighted by Gasteiger charge is -2.21. The van der Waals surface area contributed by atoms with Crippen molar-refractivity contribution >= 4 is 49.3 Å². The Bertz CT molecular complexity index is 637. The highest BCUT2D eigenvalue weighted by molar-refractivity contribution is 9.10. The first-order chi connectivity index (χ1) is 8.88. The largest absolute Gasteiger partial charge is 0.242 e. The van der Waals surface area contributed by atoms with Gasteiger partial charge in [0.2, 0.25) is 10.0 Å². The van der Waals surface area contributed by atoms with E-state index in [9.17, 15) is 13.7 Å². The van der Waals surface area contributed by atoms with Gasteiger partial charge in [-0.1, -0.05) is 11.6 Å². The maximum atomic E-state index is 12.3. The first-order valence-electron chi connectivity index (χ1n) is 5.37. The van der Waals surface area contributed by atoms with E-state index in [0.717, 1.165) is 5.75 Å². The second-order valence-corrected chi connectivity index (χ2v) is 8.23. The fourth-order valence-electron chi connectivity index (χ4n) is 1.72. The summed E-state index contributed by atoms with van der Waals surface area (Å²) in [7, 11) is -3.73. The Morgan fingerprint density at radius 1 is 1.53 bits per heavy atom. The zero-order valence-corrected chi connectivity index (χ0v) is 13.7. The number of benzene rings is 1. The number of hydrogen-bond donors (Lipinski definition) is 1. The Morgan fingerprint density at radius 3 is 2.79 bits per heavy atom. The van der Waals surface area contributed by atoms with Crippen LogP contribution in [0.15, 0.2) is 27.6 Å². The third kappa shape index (κ3) is 3.26. The Labute approximate surface area is 129 Å². The Hall–Kier alpha value is -0.260. The molecule has 1 aromatic carbocycles. The van der Waals surface area contributed by atoms with Crippen molar-refractivity contribution < 1.29 is 8.42 Å². The van der Waals surface area contributed by atoms with Gasteiger partial charge in [-0.25, -0.2) is 8.42 Å². The van der Waals surface area contributed by atoms with E-state index in [1.807, 2.05) is 0 Å². The van der Waals surface area contributed by atoms with Gasteiger partial charge in [0.05, 0.1) is 16.0 Å². The molecule has 19 heavy (non-hydrogen) atoms. The molecular formula is C11H10BrClN2O2S2. The fourth-order valence-corrected chi connectivity index (χ4v) is 5.09. The van der Waals surface area contributed by atoms with Crippen LogP contribution in [0.3, 0.4) is 0 Å². The maximum absolute atomic E-state index is 12.3. The smallest absolute Gasteiger partial charge is 0.207 e. The van der Waals surface area contributed by atoms with Crippen molar-refractivity contribution in [3.05, 3.63) is 27.7 Å². The second-order valence-electron chi connectivity index (χ2n) is 4.18. The van der Waals surface area contributed by atoms with Crippen molar-refractivity contribution in [1.82, 2.24) is 4.72 Å². The van der Waals surface area contributed by atoms with Crippen LogP contribution in [-0.2, 0) is 10.0 Å². The molecule has 1 heterocycles. The second kappa shape index (κ2) is 5.62. The summed E-state index contributed by atoms with van der Waals surface area (Å²) < 4.78 is 27.6. The van der Waals surface area contributed by atoms with Crippen molar-refractivity contribution in [2.45, 2.75) is 16.9 Å². The van der Waals surface area contributed by atoms with Gasteiger partial charge in [-0.05, 0) is 46.3 Å². The van der Waals surface area contributed by atoms with Crippen molar-refractivity contribution in [3.63, 3.8) is 0 Å². The first-order valence-corrected chi connectivity index (χ1v) is 9.17. The number of halogens is 2. The van der Waals surface area contributed by atoms with Crippen molar-refractivity contribution in [3.8, 4) is 6.07 Å². The van der Waals surface area contributed by atoms with Crippen molar-refractivity contribution in [2.75, 3.05) is 11.5 Å². The number of nitrogens with zero attached hydrogens (tertiary/aromatic N) is 1. The lowest BCUT2D eigenvalue weighted by molar-refractivity contribution is 0.515. The minimum Gasteiger partial charge on any atom is -0.207 e. The van der Waals surface area contributed by atoms with E-state index in [2.05, 4.69) is 26.7 Å². The van der Waals surface area contributed by atoms with Crippen LogP contribution in [0.5, 0.6) is 0 Å². The van der Waals surface area contributed by atoms with Crippen LogP contribution in [-0.4, -0.2) is 25.5 Å². The lowest BCUT2D eigenvalue weighted by atomic mass is 10.0. The number of thioether (sulfide) groups is 1. The summed E-state index contributed by atoms with van der Waals surface area (Å²) in [6.07, 6.45) is 0.516. The van der Waals surface area contributed by atoms with Crippen LogP contribution < -0.4 is 4.72 Å². The molecule has 1 unspecified atom stereocenters. The topological polar surface area (TPSA) is 70.0 Å². The first kappa shape index (κ1) is 15.1. The minimum absolute atomic E-state index is 0.0929. The standard InChI is InChI=1S/C11H10BrClN2O2S2/c12-9-5-8(1-2-10(9)13)19(16,17)15-11(6-14)3-4-18-7-11/h1-2,5,15H,3-4,7H2. The molecule has 0 amide bonds. The average molecular weight is 382 g/mol. The van der Waals surface area contributed by atoms with Crippen LogP contribution in [0.2, 0.25) is 5.02 Å². The van der Waals surface area contributed by atoms with Gasteiger partial charge in [-0.2, -0.15) is 21.7 Å². The third-order valence-electron chi connectivity index (χ3n) is 2.77. The number of nitrogens with one attached hydrogen (secondary N) is 1. The van der Waals surface area contributed by atoms with Crippen molar-refractivity contribution in [1.29, 1.82) is 5.26 Å². The molecule has 8 heteroatoms. The van der Waals surface area contributed by atoms with Gasteiger partial charge in [-0.15, -0.1) is 0 Å². The summed E-state index contributed by atoms with van der Waals surface area (Å²) in [5.41, 5.74) is -1.00. The summed E-state index contributed by atoms with van der Waals surface area (Å²) in [4.78, 5) is 0.0929. The summed E-state index contributed by atoms with van der Waals surface area (Å²) in [6, 6.07) is 6.43. The van der Waals surface area contributed by atoms with Crippen LogP contribution in [0.25, 0.3) is 0 Å². The third-order valence-corrected chi connectivity index (χ3v) is 6.70. The number of sulfonamides is 1. The van der Waals surface area contributed by atoms with Crippen LogP contribution >= 0.6 is 39.3 Å². The van der Waals surface area contributed by atoms with E-state index in [-0.39, 0.29) is 4.90 Å². The fraction of sp³-hybridized carbons (Fsp3) is 0.364. The molecule has 1 N–H and O–H groups in total. The van der Waals surface area contributed by atoms with Gasteiger partial charge in [0.1, 0.15) is 5.54 Å². The maximum Gasteiger partial charge on any atom is 0.242 e. The predicted molar refractivity (Wildman–Crippen MR) is 79.8 cm³/mol. The molecule has 1 saturated heterocycles. The van der Waals surface area contributed by atoms with Gasteiger partial charge >= 0.3 is 0 Å². The molecule has 0 saturated carbocycles. The number of hydrogen-bond acceptors (Lipinski definition) is 4. The van der Waals surface area contributed by atoms with E-state index in [4.69, 9.17) is 11.6 Å². The van der Waals surface area contributed by atoms with E-state index < -0.39 is 15.6 Å². The number of nitriles is 1. The molecule has 0 bridgehead atoms. The summed E-state index contributed by atoms with van der Waals surface area (Å²) in [5, 5.41) is 9.64. The molecule has 1 aromatic rings. The van der Waals surface area contributed by atoms with Gasteiger partial charge in [0.25, 0.3) is 0 Å². The van der Waals surface area contributed by atoms with E-state index in [1.165, 1.54) is 18.2 Å². The van der Waals surface area contributed by atoms with Crippen LogP contribution in [0.4, 0.5) is 0 Å². The highest BCUT2D eigenvalue weighted by Gasteiger charge is 2.38. The zero-order valence-electron chi connectivity index (χ0n) is 9.69. The van der Waals surface area contributed by atoms with Gasteiger partial charge in [-0.3, -0.25) is 0 Å². The summed E-state index contributed by atoms with van der Waals surface area (Å²) in [6.45, 7) is 0. The molecule has 0 aromatic heterocycles. The molecule has 0 radical (unpaired) electrons. The normalized spacial score (nSPS) is 23.2. The Balaban J connectivity index is 2.32. The monoisotopic (exact) mass is 380 g/mol. The van der Waals surface area contributed by atoms with Gasteiger partial charge < -0.3 is 0 Å². The highest BCUT2D eigenvalue weighted by Crippen LogP contribution is 2.30. The molecule has 0 spiro atoms. The zero-order chi connectivity index (χ0) is 14.1. The molecule has 4 nitrogen and oxygen atoms in total. The molecule has 1 fully saturated rings. The molecule has 1 aliphatic rings. The predicted octanol–water partition coefficient (Wildman–Crippen LogP) is 2.78. The minimum atomic E-state index is -3.73. The molecule has 102 valence electrons. The van der Waals surface area contributed by atoms with Crippen LogP contribution in [0, 0.1) is 11.3 Å². The number of rotatable bonds is 3. The SMILES string of the molecule is N#CC1(NS(=O)(=O)c2ccc(Cl)c(Br)c2)CCSC1. The quantitative estimate of drug-likeness (QED) is 0.874. The van der Waals surface area contributed by atoms with E-state index in [1.54, 1.807) is 11.8 Å².